The lowest BCUT2D eigenvalue weighted by molar-refractivity contribution is -0.137. The van der Waals surface area contributed by atoms with Crippen molar-refractivity contribution in [3.8, 4) is 5.75 Å². The van der Waals surface area contributed by atoms with Gasteiger partial charge in [-0.25, -0.2) is 4.79 Å². The summed E-state index contributed by atoms with van der Waals surface area (Å²) in [7, 11) is 1.27. The maximum Gasteiger partial charge on any atom is 0.337 e. The zero-order valence-corrected chi connectivity index (χ0v) is 14.9. The molecule has 1 amide bonds. The number of benzene rings is 1. The van der Waals surface area contributed by atoms with Crippen molar-refractivity contribution in [3.05, 3.63) is 52.4 Å². The Bertz CT molecular complexity index is 897. The molecule has 3 aliphatic rings. The molecule has 1 fully saturated rings. The van der Waals surface area contributed by atoms with Crippen LogP contribution in [-0.2, 0) is 19.1 Å². The Morgan fingerprint density at radius 3 is 2.67 bits per heavy atom. The lowest BCUT2D eigenvalue weighted by atomic mass is 9.74. The van der Waals surface area contributed by atoms with E-state index in [1.807, 2.05) is 4.90 Å². The van der Waals surface area contributed by atoms with E-state index in [2.05, 4.69) is 5.32 Å². The molecule has 0 bridgehead atoms. The molecule has 0 spiro atoms. The average molecular weight is 368 g/mol. The number of ketones is 1. The van der Waals surface area contributed by atoms with Gasteiger partial charge >= 0.3 is 5.97 Å². The quantitative estimate of drug-likeness (QED) is 0.765. The number of fused-ring (bicyclic) bond motifs is 2. The molecule has 1 aliphatic carbocycles. The third-order valence-electron chi connectivity index (χ3n) is 5.32. The molecule has 1 saturated heterocycles. The second-order valence-electron chi connectivity index (χ2n) is 6.82. The molecule has 2 heterocycles. The number of allylic oxidation sites excluding steroid dienone is 2. The molecule has 4 rings (SSSR count). The van der Waals surface area contributed by atoms with Gasteiger partial charge in [-0.1, -0.05) is 12.1 Å². The van der Waals surface area contributed by atoms with E-state index in [9.17, 15) is 19.5 Å². The van der Waals surface area contributed by atoms with Gasteiger partial charge < -0.3 is 20.1 Å². The molecule has 2 aliphatic heterocycles. The van der Waals surface area contributed by atoms with E-state index in [1.165, 1.54) is 19.2 Å². The molecule has 7 nitrogen and oxygen atoms in total. The molecule has 2 N–H and O–H groups in total. The van der Waals surface area contributed by atoms with Crippen LogP contribution in [-0.4, -0.2) is 47.9 Å². The molecule has 0 radical (unpaired) electrons. The number of nitrogens with one attached hydrogen (secondary N) is 1. The maximum absolute atomic E-state index is 12.9. The number of carbonyl (C=O) groups is 3. The Labute approximate surface area is 156 Å². The summed E-state index contributed by atoms with van der Waals surface area (Å²) in [5.74, 6) is -1.58. The van der Waals surface area contributed by atoms with Crippen molar-refractivity contribution in [1.82, 2.24) is 10.2 Å². The zero-order valence-electron chi connectivity index (χ0n) is 14.9. The van der Waals surface area contributed by atoms with Gasteiger partial charge in [0, 0.05) is 36.7 Å². The van der Waals surface area contributed by atoms with Crippen molar-refractivity contribution in [1.29, 1.82) is 0 Å². The number of Topliss-reactive ketones (excluding diaryl/α,β-unsaturated/α-hetero) is 1. The second kappa shape index (κ2) is 6.57. The van der Waals surface area contributed by atoms with Gasteiger partial charge in [0.1, 0.15) is 11.4 Å². The summed E-state index contributed by atoms with van der Waals surface area (Å²) in [6, 6.07) is 6.37. The summed E-state index contributed by atoms with van der Waals surface area (Å²) >= 11 is 0. The highest BCUT2D eigenvalue weighted by Crippen LogP contribution is 2.46. The molecule has 1 atom stereocenters. The maximum atomic E-state index is 12.9. The number of amides is 1. The molecule has 0 aromatic heterocycles. The number of ether oxygens (including phenoxy) is 1. The number of phenolic OH excluding ortho intramolecular Hbond substituents is 1. The van der Waals surface area contributed by atoms with Crippen LogP contribution in [0.2, 0.25) is 0 Å². The Kier molecular flexibility index (Phi) is 4.22. The molecular formula is C20H20N2O5. The van der Waals surface area contributed by atoms with Crippen LogP contribution in [0.1, 0.15) is 30.7 Å². The van der Waals surface area contributed by atoms with Crippen molar-refractivity contribution in [3.63, 3.8) is 0 Å². The predicted molar refractivity (Wildman–Crippen MR) is 95.5 cm³/mol. The number of rotatable bonds is 2. The first kappa shape index (κ1) is 17.3. The predicted octanol–water partition coefficient (Wildman–Crippen LogP) is 1.36. The minimum absolute atomic E-state index is 0.0132. The third kappa shape index (κ3) is 2.70. The van der Waals surface area contributed by atoms with E-state index in [0.717, 1.165) is 12.1 Å². The van der Waals surface area contributed by atoms with Crippen LogP contribution in [0.15, 0.2) is 46.8 Å². The monoisotopic (exact) mass is 368 g/mol. The van der Waals surface area contributed by atoms with E-state index in [-0.39, 0.29) is 28.7 Å². The van der Waals surface area contributed by atoms with Crippen LogP contribution in [0, 0.1) is 0 Å². The van der Waals surface area contributed by atoms with Gasteiger partial charge in [0.05, 0.1) is 12.7 Å². The number of hydrogen-bond donors (Lipinski definition) is 2. The van der Waals surface area contributed by atoms with Crippen LogP contribution in [0.4, 0.5) is 0 Å². The SMILES string of the molecule is COC(=O)C1=C2C(=O)NCCN2C2=C(C(=O)CCC2)[C@H]1c1ccc(O)cc1. The fraction of sp³-hybridized carbons (Fsp3) is 0.350. The van der Waals surface area contributed by atoms with Crippen molar-refractivity contribution < 1.29 is 24.2 Å². The summed E-state index contributed by atoms with van der Waals surface area (Å²) in [5.41, 5.74) is 2.49. The smallest absolute Gasteiger partial charge is 0.337 e. The van der Waals surface area contributed by atoms with E-state index in [4.69, 9.17) is 4.74 Å². The molecule has 140 valence electrons. The minimum Gasteiger partial charge on any atom is -0.508 e. The van der Waals surface area contributed by atoms with E-state index in [0.29, 0.717) is 37.1 Å². The van der Waals surface area contributed by atoms with Gasteiger partial charge in [0.25, 0.3) is 5.91 Å². The molecule has 1 aromatic rings. The van der Waals surface area contributed by atoms with Gasteiger partial charge in [0.2, 0.25) is 0 Å². The van der Waals surface area contributed by atoms with E-state index < -0.39 is 11.9 Å². The lowest BCUT2D eigenvalue weighted by Crippen LogP contribution is -2.50. The third-order valence-corrected chi connectivity index (χ3v) is 5.32. The Morgan fingerprint density at radius 1 is 1.22 bits per heavy atom. The first-order chi connectivity index (χ1) is 13.0. The van der Waals surface area contributed by atoms with Crippen molar-refractivity contribution >= 4 is 17.7 Å². The normalized spacial score (nSPS) is 22.3. The van der Waals surface area contributed by atoms with Crippen LogP contribution in [0.5, 0.6) is 5.75 Å². The fourth-order valence-electron chi connectivity index (χ4n) is 4.20. The van der Waals surface area contributed by atoms with Crippen molar-refractivity contribution in [2.24, 2.45) is 0 Å². The van der Waals surface area contributed by atoms with Crippen LogP contribution in [0.3, 0.4) is 0 Å². The first-order valence-corrected chi connectivity index (χ1v) is 8.96. The van der Waals surface area contributed by atoms with Crippen LogP contribution in [0.25, 0.3) is 0 Å². The van der Waals surface area contributed by atoms with Crippen molar-refractivity contribution in [2.45, 2.75) is 25.2 Å². The molecular weight excluding hydrogens is 348 g/mol. The van der Waals surface area contributed by atoms with Gasteiger partial charge in [-0.05, 0) is 30.5 Å². The Balaban J connectivity index is 2.00. The van der Waals surface area contributed by atoms with Crippen molar-refractivity contribution in [2.75, 3.05) is 20.2 Å². The summed E-state index contributed by atoms with van der Waals surface area (Å²) in [4.78, 5) is 40.1. The number of phenols is 1. The summed E-state index contributed by atoms with van der Waals surface area (Å²) < 4.78 is 4.99. The highest BCUT2D eigenvalue weighted by molar-refractivity contribution is 6.09. The molecule has 27 heavy (non-hydrogen) atoms. The fourth-order valence-corrected chi connectivity index (χ4v) is 4.20. The molecule has 1 aromatic carbocycles. The lowest BCUT2D eigenvalue weighted by Gasteiger charge is -2.43. The zero-order chi connectivity index (χ0) is 19.1. The summed E-state index contributed by atoms with van der Waals surface area (Å²) in [6.45, 7) is 0.960. The largest absolute Gasteiger partial charge is 0.508 e. The number of hydrogen-bond acceptors (Lipinski definition) is 6. The Morgan fingerprint density at radius 2 is 1.96 bits per heavy atom. The first-order valence-electron chi connectivity index (χ1n) is 8.96. The average Bonchev–Trinajstić information content (AvgIpc) is 2.68. The standard InChI is InChI=1S/C20H20N2O5/c1-27-20(26)17-15(11-5-7-12(23)8-6-11)16-13(3-2-4-14(16)24)22-10-9-21-19(25)18(17)22/h5-8,15,23H,2-4,9-10H2,1H3,(H,21,25)/t15-/m1/s1. The Hall–Kier alpha value is -3.09. The van der Waals surface area contributed by atoms with E-state index >= 15 is 0 Å². The molecule has 7 heteroatoms. The molecule has 0 unspecified atom stereocenters. The van der Waals surface area contributed by atoms with E-state index in [1.54, 1.807) is 12.1 Å². The van der Waals surface area contributed by atoms with Gasteiger partial charge in [-0.3, -0.25) is 9.59 Å². The summed E-state index contributed by atoms with van der Waals surface area (Å²) in [5, 5.41) is 12.4. The minimum atomic E-state index is -0.684. The van der Waals surface area contributed by atoms with Crippen LogP contribution < -0.4 is 5.32 Å². The number of aromatic hydroxyl groups is 1. The number of piperazine rings is 1. The second-order valence-corrected chi connectivity index (χ2v) is 6.82. The van der Waals surface area contributed by atoms with Gasteiger partial charge in [-0.15, -0.1) is 0 Å². The number of nitrogens with zero attached hydrogens (tertiary/aromatic N) is 1. The highest BCUT2D eigenvalue weighted by Gasteiger charge is 2.45. The highest BCUT2D eigenvalue weighted by atomic mass is 16.5. The number of carbonyl (C=O) groups excluding carboxylic acids is 3. The topological polar surface area (TPSA) is 95.9 Å². The number of esters is 1. The van der Waals surface area contributed by atoms with Crippen LogP contribution >= 0.6 is 0 Å². The van der Waals surface area contributed by atoms with Gasteiger partial charge in [-0.2, -0.15) is 0 Å². The van der Waals surface area contributed by atoms with Gasteiger partial charge in [0.15, 0.2) is 5.78 Å². The number of methoxy groups -OCH3 is 1. The summed E-state index contributed by atoms with van der Waals surface area (Å²) in [6.07, 6.45) is 1.82. The molecule has 0 saturated carbocycles.